The van der Waals surface area contributed by atoms with Crippen LogP contribution >= 0.6 is 0 Å². The van der Waals surface area contributed by atoms with Crippen LogP contribution in [0, 0.1) is 5.92 Å². The van der Waals surface area contributed by atoms with E-state index in [1.165, 1.54) is 0 Å². The van der Waals surface area contributed by atoms with Gasteiger partial charge >= 0.3 is 27.5 Å². The third-order valence-electron chi connectivity index (χ3n) is 3.62. The highest BCUT2D eigenvalue weighted by Crippen LogP contribution is 2.39. The lowest BCUT2D eigenvalue weighted by atomic mass is 9.91. The Morgan fingerprint density at radius 2 is 1.43 bits per heavy atom. The van der Waals surface area contributed by atoms with E-state index in [0.29, 0.717) is 12.8 Å². The molecular formula is C12H17F5O5S. The first kappa shape index (κ1) is 20.1. The van der Waals surface area contributed by atoms with Crippen LogP contribution in [0.15, 0.2) is 0 Å². The van der Waals surface area contributed by atoms with Crippen LogP contribution in [0.3, 0.4) is 0 Å². The van der Waals surface area contributed by atoms with E-state index in [2.05, 4.69) is 4.74 Å². The molecule has 1 fully saturated rings. The smallest absolute Gasteiger partial charge is 0.432 e. The van der Waals surface area contributed by atoms with E-state index in [0.717, 1.165) is 19.3 Å². The molecule has 136 valence electrons. The van der Waals surface area contributed by atoms with Crippen LogP contribution in [0.1, 0.15) is 44.9 Å². The molecule has 11 heteroatoms. The maximum Gasteiger partial charge on any atom is 0.432 e. The highest BCUT2D eigenvalue weighted by molar-refractivity contribution is 7.86. The van der Waals surface area contributed by atoms with Gasteiger partial charge in [0.1, 0.15) is 0 Å². The van der Waals surface area contributed by atoms with Gasteiger partial charge in [-0.25, -0.2) is 0 Å². The molecule has 0 heterocycles. The second kappa shape index (κ2) is 7.29. The van der Waals surface area contributed by atoms with E-state index in [-0.39, 0.29) is 12.8 Å². The molecular weight excluding hydrogens is 351 g/mol. The minimum atomic E-state index is -6.40. The number of halogens is 5. The Kier molecular flexibility index (Phi) is 6.36. The van der Waals surface area contributed by atoms with Gasteiger partial charge in [-0.2, -0.15) is 30.4 Å². The van der Waals surface area contributed by atoms with Gasteiger partial charge in [0.2, 0.25) is 0 Å². The summed E-state index contributed by atoms with van der Waals surface area (Å²) in [4.78, 5) is 11.8. The highest BCUT2D eigenvalue weighted by atomic mass is 32.2. The molecule has 0 spiro atoms. The monoisotopic (exact) mass is 368 g/mol. The number of rotatable bonds is 4. The molecule has 0 aromatic rings. The molecule has 1 aliphatic carbocycles. The first-order chi connectivity index (χ1) is 10.4. The van der Waals surface area contributed by atoms with Crippen molar-refractivity contribution in [3.05, 3.63) is 0 Å². The number of ether oxygens (including phenoxy) is 1. The van der Waals surface area contributed by atoms with E-state index in [4.69, 9.17) is 4.55 Å². The van der Waals surface area contributed by atoms with Gasteiger partial charge in [-0.3, -0.25) is 9.35 Å². The fraction of sp³-hybridized carbons (Fsp3) is 0.917. The number of carbonyl (C=O) groups excluding carboxylic acids is 1. The molecule has 0 bridgehead atoms. The van der Waals surface area contributed by atoms with Crippen LogP contribution in [0.5, 0.6) is 0 Å². The largest absolute Gasteiger partial charge is 0.444 e. The van der Waals surface area contributed by atoms with Crippen molar-refractivity contribution < 1.29 is 44.5 Å². The fourth-order valence-corrected chi connectivity index (χ4v) is 2.82. The maximum absolute atomic E-state index is 13.3. The molecule has 0 radical (unpaired) electrons. The van der Waals surface area contributed by atoms with Crippen LogP contribution in [-0.4, -0.2) is 36.5 Å². The summed E-state index contributed by atoms with van der Waals surface area (Å²) < 4.78 is 97.8. The van der Waals surface area contributed by atoms with E-state index < -0.39 is 39.5 Å². The first-order valence-electron chi connectivity index (χ1n) is 6.99. The van der Waals surface area contributed by atoms with Gasteiger partial charge < -0.3 is 4.74 Å². The van der Waals surface area contributed by atoms with Crippen molar-refractivity contribution in [3.63, 3.8) is 0 Å². The van der Waals surface area contributed by atoms with Crippen LogP contribution in [0.4, 0.5) is 22.0 Å². The Bertz CT molecular complexity index is 508. The standard InChI is InChI=1S/C12H17F5O5S/c13-11(14,15)10(12(16,17)23(19,20)21)22-9(18)8-6-4-2-1-3-5-7-8/h8,10H,1-7H2,(H,19,20,21). The molecule has 1 saturated carbocycles. The lowest BCUT2D eigenvalue weighted by Crippen LogP contribution is -2.52. The van der Waals surface area contributed by atoms with Gasteiger partial charge in [-0.15, -0.1) is 0 Å². The second-order valence-corrected chi connectivity index (χ2v) is 6.93. The lowest BCUT2D eigenvalue weighted by molar-refractivity contribution is -0.260. The Morgan fingerprint density at radius 3 is 1.83 bits per heavy atom. The second-order valence-electron chi connectivity index (χ2n) is 5.44. The van der Waals surface area contributed by atoms with Gasteiger partial charge in [-0.1, -0.05) is 32.1 Å². The molecule has 0 saturated heterocycles. The van der Waals surface area contributed by atoms with E-state index in [1.807, 2.05) is 0 Å². The summed E-state index contributed by atoms with van der Waals surface area (Å²) in [7, 11) is -6.40. The third kappa shape index (κ3) is 5.27. The predicted molar refractivity (Wildman–Crippen MR) is 68.2 cm³/mol. The van der Waals surface area contributed by atoms with Gasteiger partial charge in [0.25, 0.3) is 6.10 Å². The van der Waals surface area contributed by atoms with Crippen molar-refractivity contribution in [2.45, 2.75) is 62.5 Å². The maximum atomic E-state index is 13.3. The summed E-state index contributed by atoms with van der Waals surface area (Å²) in [5, 5.41) is -5.68. The van der Waals surface area contributed by atoms with Crippen LogP contribution in [0.2, 0.25) is 0 Å². The summed E-state index contributed by atoms with van der Waals surface area (Å²) in [6.45, 7) is 0. The van der Waals surface area contributed by atoms with Crippen molar-refractivity contribution in [1.29, 1.82) is 0 Å². The summed E-state index contributed by atoms with van der Waals surface area (Å²) in [5.74, 6) is -2.53. The van der Waals surface area contributed by atoms with Gasteiger partial charge in [0.15, 0.2) is 0 Å². The zero-order valence-corrected chi connectivity index (χ0v) is 12.8. The average Bonchev–Trinajstić information content (AvgIpc) is 2.32. The molecule has 1 unspecified atom stereocenters. The minimum Gasteiger partial charge on any atom is -0.444 e. The van der Waals surface area contributed by atoms with Gasteiger partial charge in [0.05, 0.1) is 5.92 Å². The molecule has 1 aliphatic rings. The fourth-order valence-electron chi connectivity index (χ4n) is 2.37. The number of hydrogen-bond acceptors (Lipinski definition) is 4. The zero-order chi connectivity index (χ0) is 17.9. The van der Waals surface area contributed by atoms with Crippen molar-refractivity contribution >= 4 is 16.1 Å². The number of alkyl halides is 5. The Hall–Kier alpha value is -0.970. The highest BCUT2D eigenvalue weighted by Gasteiger charge is 2.66. The van der Waals surface area contributed by atoms with Gasteiger partial charge in [0, 0.05) is 0 Å². The molecule has 1 rings (SSSR count). The lowest BCUT2D eigenvalue weighted by Gasteiger charge is -2.28. The normalized spacial score (nSPS) is 20.4. The van der Waals surface area contributed by atoms with Crippen molar-refractivity contribution in [3.8, 4) is 0 Å². The molecule has 1 atom stereocenters. The Morgan fingerprint density at radius 1 is 1.00 bits per heavy atom. The molecule has 5 nitrogen and oxygen atoms in total. The Labute approximate surface area is 129 Å². The van der Waals surface area contributed by atoms with E-state index in [9.17, 15) is 35.2 Å². The predicted octanol–water partition coefficient (Wildman–Crippen LogP) is 3.30. The number of esters is 1. The topological polar surface area (TPSA) is 80.7 Å². The molecule has 0 aromatic carbocycles. The van der Waals surface area contributed by atoms with E-state index in [1.54, 1.807) is 0 Å². The average molecular weight is 368 g/mol. The molecule has 0 aliphatic heterocycles. The van der Waals surface area contributed by atoms with Crippen LogP contribution in [0.25, 0.3) is 0 Å². The third-order valence-corrected chi connectivity index (χ3v) is 4.52. The van der Waals surface area contributed by atoms with Crippen molar-refractivity contribution in [2.24, 2.45) is 5.92 Å². The number of hydrogen-bond donors (Lipinski definition) is 1. The quantitative estimate of drug-likeness (QED) is 0.468. The minimum absolute atomic E-state index is 0.181. The van der Waals surface area contributed by atoms with Crippen LogP contribution in [-0.2, 0) is 19.6 Å². The van der Waals surface area contributed by atoms with E-state index >= 15 is 0 Å². The zero-order valence-electron chi connectivity index (χ0n) is 12.0. The molecule has 1 N–H and O–H groups in total. The molecule has 0 aromatic heterocycles. The van der Waals surface area contributed by atoms with Crippen molar-refractivity contribution in [2.75, 3.05) is 0 Å². The molecule has 0 amide bonds. The summed E-state index contributed by atoms with van der Waals surface area (Å²) in [6, 6.07) is 0. The Balaban J connectivity index is 2.95. The summed E-state index contributed by atoms with van der Waals surface area (Å²) >= 11 is 0. The summed E-state index contributed by atoms with van der Waals surface area (Å²) in [5.41, 5.74) is 0. The summed E-state index contributed by atoms with van der Waals surface area (Å²) in [6.07, 6.45) is -6.24. The molecule has 23 heavy (non-hydrogen) atoms. The van der Waals surface area contributed by atoms with Gasteiger partial charge in [-0.05, 0) is 12.8 Å². The van der Waals surface area contributed by atoms with Crippen LogP contribution < -0.4 is 0 Å². The van der Waals surface area contributed by atoms with Crippen molar-refractivity contribution in [1.82, 2.24) is 0 Å². The SMILES string of the molecule is O=C(OC(C(F)(F)F)C(F)(F)S(=O)(=O)O)C1CCCCCCC1. The number of carbonyl (C=O) groups is 1. The first-order valence-corrected chi connectivity index (χ1v) is 8.43.